The average molecular weight is 257 g/mol. The predicted octanol–water partition coefficient (Wildman–Crippen LogP) is 4.59. The van der Waals surface area contributed by atoms with Crippen LogP contribution in [0.25, 0.3) is 0 Å². The van der Waals surface area contributed by atoms with Gasteiger partial charge in [0, 0.05) is 12.0 Å². The Morgan fingerprint density at radius 3 is 2.21 bits per heavy atom. The lowest BCUT2D eigenvalue weighted by molar-refractivity contribution is 0.452. The van der Waals surface area contributed by atoms with Crippen LogP contribution in [0.15, 0.2) is 73.4 Å². The van der Waals surface area contributed by atoms with Gasteiger partial charge in [-0.1, -0.05) is 62.3 Å². The first-order valence-corrected chi connectivity index (χ1v) is 6.71. The van der Waals surface area contributed by atoms with E-state index in [9.17, 15) is 0 Å². The standard InChI is InChI=1S/C18H27N/c1-7-11-16(10-4)14-18(15(5)19-6)17(12-8-2)13-9-3/h7-13,15,18-19H,1-2,4,14H2,3,5-6H3/b13-9-,16-11+,17-12+. The Balaban J connectivity index is 5.35. The molecule has 19 heavy (non-hydrogen) atoms. The van der Waals surface area contributed by atoms with E-state index in [1.54, 1.807) is 0 Å². The summed E-state index contributed by atoms with van der Waals surface area (Å²) in [7, 11) is 1.99. The Bertz CT molecular complexity index is 382. The van der Waals surface area contributed by atoms with Crippen LogP contribution >= 0.6 is 0 Å². The third-order valence-electron chi connectivity index (χ3n) is 3.21. The second kappa shape index (κ2) is 10.3. The van der Waals surface area contributed by atoms with Gasteiger partial charge in [0.25, 0.3) is 0 Å². The fourth-order valence-corrected chi connectivity index (χ4v) is 2.04. The van der Waals surface area contributed by atoms with Gasteiger partial charge in [0.2, 0.25) is 0 Å². The molecule has 0 saturated heterocycles. The monoisotopic (exact) mass is 257 g/mol. The molecule has 0 bridgehead atoms. The van der Waals surface area contributed by atoms with Crippen molar-refractivity contribution in [3.8, 4) is 0 Å². The molecule has 1 heteroatoms. The molecule has 0 aliphatic heterocycles. The van der Waals surface area contributed by atoms with Gasteiger partial charge in [-0.25, -0.2) is 0 Å². The number of nitrogens with one attached hydrogen (secondary N) is 1. The van der Waals surface area contributed by atoms with Crippen LogP contribution in [0.2, 0.25) is 0 Å². The van der Waals surface area contributed by atoms with Crippen molar-refractivity contribution in [1.82, 2.24) is 5.32 Å². The third-order valence-corrected chi connectivity index (χ3v) is 3.21. The summed E-state index contributed by atoms with van der Waals surface area (Å²) in [5.41, 5.74) is 2.47. The Morgan fingerprint density at radius 2 is 1.79 bits per heavy atom. The van der Waals surface area contributed by atoms with Crippen molar-refractivity contribution < 1.29 is 0 Å². The first kappa shape index (κ1) is 17.4. The van der Waals surface area contributed by atoms with Crippen LogP contribution in [0.4, 0.5) is 0 Å². The third kappa shape index (κ3) is 6.21. The topological polar surface area (TPSA) is 12.0 Å². The van der Waals surface area contributed by atoms with Gasteiger partial charge in [-0.05, 0) is 38.5 Å². The van der Waals surface area contributed by atoms with Gasteiger partial charge < -0.3 is 5.32 Å². The molecule has 0 aromatic rings. The van der Waals surface area contributed by atoms with E-state index in [0.29, 0.717) is 12.0 Å². The molecule has 0 radical (unpaired) electrons. The minimum Gasteiger partial charge on any atom is -0.317 e. The Labute approximate surface area is 118 Å². The Morgan fingerprint density at radius 1 is 1.16 bits per heavy atom. The predicted molar refractivity (Wildman–Crippen MR) is 88.2 cm³/mol. The molecule has 0 fully saturated rings. The van der Waals surface area contributed by atoms with E-state index in [0.717, 1.165) is 6.42 Å². The van der Waals surface area contributed by atoms with Gasteiger partial charge >= 0.3 is 0 Å². The fraction of sp³-hybridized carbons (Fsp3) is 0.333. The summed E-state index contributed by atoms with van der Waals surface area (Å²) < 4.78 is 0. The molecular formula is C18H27N. The molecule has 0 aromatic carbocycles. The first-order chi connectivity index (χ1) is 9.14. The van der Waals surface area contributed by atoms with Crippen molar-refractivity contribution in [2.24, 2.45) is 5.92 Å². The lowest BCUT2D eigenvalue weighted by Crippen LogP contribution is -2.31. The first-order valence-electron chi connectivity index (χ1n) is 6.71. The van der Waals surface area contributed by atoms with Crippen molar-refractivity contribution in [3.05, 3.63) is 73.4 Å². The minimum atomic E-state index is 0.371. The van der Waals surface area contributed by atoms with Crippen LogP contribution in [0, 0.1) is 5.92 Å². The van der Waals surface area contributed by atoms with E-state index >= 15 is 0 Å². The second-order valence-corrected chi connectivity index (χ2v) is 4.47. The van der Waals surface area contributed by atoms with Crippen molar-refractivity contribution in [1.29, 1.82) is 0 Å². The van der Waals surface area contributed by atoms with Crippen LogP contribution < -0.4 is 5.32 Å². The maximum Gasteiger partial charge on any atom is 0.0108 e. The van der Waals surface area contributed by atoms with Crippen molar-refractivity contribution in [2.75, 3.05) is 7.05 Å². The average Bonchev–Trinajstić information content (AvgIpc) is 2.42. The van der Waals surface area contributed by atoms with Gasteiger partial charge in [-0.2, -0.15) is 0 Å². The van der Waals surface area contributed by atoms with Crippen LogP contribution in [0.3, 0.4) is 0 Å². The van der Waals surface area contributed by atoms with Crippen LogP contribution in [0.1, 0.15) is 20.3 Å². The number of hydrogen-bond acceptors (Lipinski definition) is 1. The van der Waals surface area contributed by atoms with E-state index < -0.39 is 0 Å². The molecule has 0 saturated carbocycles. The molecule has 0 heterocycles. The van der Waals surface area contributed by atoms with Crippen molar-refractivity contribution in [3.63, 3.8) is 0 Å². The summed E-state index contributed by atoms with van der Waals surface area (Å²) in [6.07, 6.45) is 14.8. The van der Waals surface area contributed by atoms with E-state index in [2.05, 4.69) is 50.2 Å². The molecule has 1 nitrogen and oxygen atoms in total. The SMILES string of the molecule is C=C/C=C(\C=C)CC(C(/C=C\C)=C/C=C)C(C)NC. The molecule has 0 aromatic heterocycles. The lowest BCUT2D eigenvalue weighted by atomic mass is 9.85. The van der Waals surface area contributed by atoms with E-state index in [-0.39, 0.29) is 0 Å². The van der Waals surface area contributed by atoms with Gasteiger partial charge in [0.05, 0.1) is 0 Å². The summed E-state index contributed by atoms with van der Waals surface area (Å²) in [5.74, 6) is 0.378. The molecule has 0 spiro atoms. The molecular weight excluding hydrogens is 230 g/mol. The summed E-state index contributed by atoms with van der Waals surface area (Å²) in [6.45, 7) is 15.7. The molecule has 104 valence electrons. The van der Waals surface area contributed by atoms with Crippen LogP contribution in [-0.2, 0) is 0 Å². The van der Waals surface area contributed by atoms with E-state index in [4.69, 9.17) is 0 Å². The normalized spacial score (nSPS) is 16.2. The smallest absolute Gasteiger partial charge is 0.0108 e. The highest BCUT2D eigenvalue weighted by Crippen LogP contribution is 2.25. The van der Waals surface area contributed by atoms with Gasteiger partial charge in [0.1, 0.15) is 0 Å². The van der Waals surface area contributed by atoms with Crippen LogP contribution in [0.5, 0.6) is 0 Å². The second-order valence-electron chi connectivity index (χ2n) is 4.47. The largest absolute Gasteiger partial charge is 0.317 e. The zero-order chi connectivity index (χ0) is 14.7. The minimum absolute atomic E-state index is 0.371. The zero-order valence-electron chi connectivity index (χ0n) is 12.5. The van der Waals surface area contributed by atoms with Crippen molar-refractivity contribution in [2.45, 2.75) is 26.3 Å². The number of hydrogen-bond donors (Lipinski definition) is 1. The van der Waals surface area contributed by atoms with E-state index in [1.807, 2.05) is 38.3 Å². The molecule has 0 rings (SSSR count). The Kier molecular flexibility index (Phi) is 9.46. The maximum absolute atomic E-state index is 3.88. The summed E-state index contributed by atoms with van der Waals surface area (Å²) in [5, 5.41) is 3.34. The molecule has 2 atom stereocenters. The zero-order valence-corrected chi connectivity index (χ0v) is 12.5. The summed E-state index contributed by atoms with van der Waals surface area (Å²) in [6, 6.07) is 0.371. The highest BCUT2D eigenvalue weighted by Gasteiger charge is 2.19. The lowest BCUT2D eigenvalue weighted by Gasteiger charge is -2.25. The molecule has 0 amide bonds. The quantitative estimate of drug-likeness (QED) is 0.596. The van der Waals surface area contributed by atoms with E-state index in [1.165, 1.54) is 11.1 Å². The number of rotatable bonds is 9. The fourth-order valence-electron chi connectivity index (χ4n) is 2.04. The number of allylic oxidation sites excluding steroid dienone is 8. The summed E-state index contributed by atoms with van der Waals surface area (Å²) in [4.78, 5) is 0. The van der Waals surface area contributed by atoms with Gasteiger partial charge in [0.15, 0.2) is 0 Å². The maximum atomic E-state index is 3.88. The summed E-state index contributed by atoms with van der Waals surface area (Å²) >= 11 is 0. The molecule has 0 aliphatic rings. The molecule has 2 unspecified atom stereocenters. The van der Waals surface area contributed by atoms with Crippen LogP contribution in [-0.4, -0.2) is 13.1 Å². The molecule has 0 aliphatic carbocycles. The van der Waals surface area contributed by atoms with Gasteiger partial charge in [-0.3, -0.25) is 0 Å². The highest BCUT2D eigenvalue weighted by atomic mass is 14.9. The van der Waals surface area contributed by atoms with Gasteiger partial charge in [-0.15, -0.1) is 0 Å². The molecule has 1 N–H and O–H groups in total. The highest BCUT2D eigenvalue weighted by molar-refractivity contribution is 5.31. The Hall–Kier alpha value is -1.60. The van der Waals surface area contributed by atoms with Crippen molar-refractivity contribution >= 4 is 0 Å².